The highest BCUT2D eigenvalue weighted by Crippen LogP contribution is 2.23. The van der Waals surface area contributed by atoms with E-state index in [1.165, 1.54) is 24.3 Å². The lowest BCUT2D eigenvalue weighted by Gasteiger charge is -2.16. The largest absolute Gasteiger partial charge is 0.378 e. The van der Waals surface area contributed by atoms with Crippen molar-refractivity contribution in [1.82, 2.24) is 0 Å². The maximum absolute atomic E-state index is 13.5. The number of hydrogen-bond acceptors (Lipinski definition) is 1. The summed E-state index contributed by atoms with van der Waals surface area (Å²) in [5, 5.41) is 2.98. The Morgan fingerprint density at radius 2 is 1.61 bits per heavy atom. The van der Waals surface area contributed by atoms with E-state index in [0.29, 0.717) is 5.69 Å². The van der Waals surface area contributed by atoms with E-state index in [-0.39, 0.29) is 11.4 Å². The van der Waals surface area contributed by atoms with Crippen LogP contribution >= 0.6 is 0 Å². The summed E-state index contributed by atoms with van der Waals surface area (Å²) in [4.78, 5) is 0. The van der Waals surface area contributed by atoms with E-state index in [1.807, 2.05) is 0 Å². The minimum atomic E-state index is -0.875. The van der Waals surface area contributed by atoms with E-state index in [9.17, 15) is 13.2 Å². The third-order valence-corrected chi connectivity index (χ3v) is 2.68. The van der Waals surface area contributed by atoms with E-state index in [4.69, 9.17) is 0 Å². The van der Waals surface area contributed by atoms with Crippen molar-refractivity contribution in [2.45, 2.75) is 13.0 Å². The number of hydrogen-bond donors (Lipinski definition) is 1. The van der Waals surface area contributed by atoms with Gasteiger partial charge in [0.25, 0.3) is 0 Å². The summed E-state index contributed by atoms with van der Waals surface area (Å²) in [5.41, 5.74) is 0.881. The Labute approximate surface area is 103 Å². The molecule has 0 saturated carbocycles. The lowest BCUT2D eigenvalue weighted by Crippen LogP contribution is -2.09. The first-order chi connectivity index (χ1) is 8.58. The van der Waals surface area contributed by atoms with Gasteiger partial charge in [-0.05, 0) is 37.3 Å². The molecule has 94 valence electrons. The zero-order chi connectivity index (χ0) is 13.1. The predicted molar refractivity (Wildman–Crippen MR) is 64.8 cm³/mol. The highest BCUT2D eigenvalue weighted by molar-refractivity contribution is 5.45. The first-order valence-corrected chi connectivity index (χ1v) is 5.54. The van der Waals surface area contributed by atoms with Crippen LogP contribution in [0.4, 0.5) is 18.9 Å². The van der Waals surface area contributed by atoms with Crippen LogP contribution in [0.5, 0.6) is 0 Å². The molecule has 1 unspecified atom stereocenters. The van der Waals surface area contributed by atoms with E-state index in [0.717, 1.165) is 6.07 Å². The maximum atomic E-state index is 13.5. The zero-order valence-electron chi connectivity index (χ0n) is 9.75. The van der Waals surface area contributed by atoms with Crippen molar-refractivity contribution < 1.29 is 13.2 Å². The predicted octanol–water partition coefficient (Wildman–Crippen LogP) is 4.28. The minimum absolute atomic E-state index is 0.235. The standard InChI is InChI=1S/C14H12F3N/c1-9(12-3-2-4-13(16)14(12)17)18-11-7-5-10(15)6-8-11/h2-9,18H,1H3. The van der Waals surface area contributed by atoms with Crippen molar-refractivity contribution in [1.29, 1.82) is 0 Å². The van der Waals surface area contributed by atoms with E-state index >= 15 is 0 Å². The average Bonchev–Trinajstić information content (AvgIpc) is 2.35. The van der Waals surface area contributed by atoms with Gasteiger partial charge < -0.3 is 5.32 Å². The first kappa shape index (κ1) is 12.5. The lowest BCUT2D eigenvalue weighted by molar-refractivity contribution is 0.494. The third-order valence-electron chi connectivity index (χ3n) is 2.68. The maximum Gasteiger partial charge on any atom is 0.164 e. The molecule has 0 fully saturated rings. The number of nitrogens with one attached hydrogen (secondary N) is 1. The molecule has 0 saturated heterocycles. The Bertz CT molecular complexity index is 537. The molecule has 0 radical (unpaired) electrons. The van der Waals surface area contributed by atoms with Crippen LogP contribution in [-0.2, 0) is 0 Å². The van der Waals surface area contributed by atoms with Crippen LogP contribution in [0, 0.1) is 17.5 Å². The van der Waals surface area contributed by atoms with Gasteiger partial charge in [-0.3, -0.25) is 0 Å². The number of halogens is 3. The van der Waals surface area contributed by atoms with Crippen molar-refractivity contribution in [2.75, 3.05) is 5.32 Å². The van der Waals surface area contributed by atoms with Gasteiger partial charge in [-0.1, -0.05) is 12.1 Å². The summed E-state index contributed by atoms with van der Waals surface area (Å²) in [5.74, 6) is -2.08. The quantitative estimate of drug-likeness (QED) is 0.858. The Kier molecular flexibility index (Phi) is 3.55. The molecule has 2 rings (SSSR count). The molecule has 0 aliphatic carbocycles. The van der Waals surface area contributed by atoms with Crippen LogP contribution < -0.4 is 5.32 Å². The smallest absolute Gasteiger partial charge is 0.164 e. The number of benzene rings is 2. The van der Waals surface area contributed by atoms with Gasteiger partial charge in [-0.15, -0.1) is 0 Å². The Morgan fingerprint density at radius 3 is 2.28 bits per heavy atom. The Balaban J connectivity index is 2.19. The summed E-state index contributed by atoms with van der Waals surface area (Å²) in [7, 11) is 0. The molecule has 2 aromatic carbocycles. The average molecular weight is 251 g/mol. The fraction of sp³-hybridized carbons (Fsp3) is 0.143. The fourth-order valence-electron chi connectivity index (χ4n) is 1.73. The molecule has 0 amide bonds. The summed E-state index contributed by atoms with van der Waals surface area (Å²) < 4.78 is 39.3. The second-order valence-corrected chi connectivity index (χ2v) is 4.02. The molecule has 0 bridgehead atoms. The Morgan fingerprint density at radius 1 is 0.944 bits per heavy atom. The minimum Gasteiger partial charge on any atom is -0.378 e. The molecule has 0 aromatic heterocycles. The van der Waals surface area contributed by atoms with Crippen molar-refractivity contribution >= 4 is 5.69 Å². The summed E-state index contributed by atoms with van der Waals surface area (Å²) in [6.07, 6.45) is 0. The van der Waals surface area contributed by atoms with Gasteiger partial charge in [0.15, 0.2) is 11.6 Å². The summed E-state index contributed by atoms with van der Waals surface area (Å²) >= 11 is 0. The van der Waals surface area contributed by atoms with Crippen molar-refractivity contribution in [2.24, 2.45) is 0 Å². The van der Waals surface area contributed by atoms with E-state index in [1.54, 1.807) is 19.1 Å². The van der Waals surface area contributed by atoms with Gasteiger partial charge in [0.05, 0.1) is 6.04 Å². The summed E-state index contributed by atoms with van der Waals surface area (Å²) in [6, 6.07) is 9.32. The van der Waals surface area contributed by atoms with Gasteiger partial charge in [0.2, 0.25) is 0 Å². The van der Waals surface area contributed by atoms with Crippen LogP contribution in [0.2, 0.25) is 0 Å². The van der Waals surface area contributed by atoms with Gasteiger partial charge in [-0.2, -0.15) is 0 Å². The molecule has 4 heteroatoms. The molecule has 0 aliphatic heterocycles. The normalized spacial score (nSPS) is 12.2. The molecule has 0 spiro atoms. The molecule has 1 atom stereocenters. The second kappa shape index (κ2) is 5.12. The Hall–Kier alpha value is -1.97. The highest BCUT2D eigenvalue weighted by atomic mass is 19.2. The molecule has 0 heterocycles. The van der Waals surface area contributed by atoms with Gasteiger partial charge >= 0.3 is 0 Å². The van der Waals surface area contributed by atoms with Crippen molar-refractivity contribution in [3.8, 4) is 0 Å². The fourth-order valence-corrected chi connectivity index (χ4v) is 1.73. The monoisotopic (exact) mass is 251 g/mol. The molecular formula is C14H12F3N. The summed E-state index contributed by atoms with van der Waals surface area (Å²) in [6.45, 7) is 1.71. The second-order valence-electron chi connectivity index (χ2n) is 4.02. The van der Waals surface area contributed by atoms with E-state index in [2.05, 4.69) is 5.32 Å². The van der Waals surface area contributed by atoms with E-state index < -0.39 is 17.7 Å². The van der Waals surface area contributed by atoms with Crippen LogP contribution in [-0.4, -0.2) is 0 Å². The molecule has 18 heavy (non-hydrogen) atoms. The lowest BCUT2D eigenvalue weighted by atomic mass is 10.1. The van der Waals surface area contributed by atoms with Crippen molar-refractivity contribution in [3.05, 3.63) is 65.5 Å². The highest BCUT2D eigenvalue weighted by Gasteiger charge is 2.13. The van der Waals surface area contributed by atoms with Gasteiger partial charge in [0.1, 0.15) is 5.82 Å². The number of rotatable bonds is 3. The first-order valence-electron chi connectivity index (χ1n) is 5.54. The van der Waals surface area contributed by atoms with Crippen LogP contribution in [0.3, 0.4) is 0 Å². The van der Waals surface area contributed by atoms with Gasteiger partial charge in [0, 0.05) is 11.3 Å². The van der Waals surface area contributed by atoms with Gasteiger partial charge in [-0.25, -0.2) is 13.2 Å². The third kappa shape index (κ3) is 2.64. The molecule has 2 aromatic rings. The zero-order valence-corrected chi connectivity index (χ0v) is 9.75. The molecular weight excluding hydrogens is 239 g/mol. The number of anilines is 1. The van der Waals surface area contributed by atoms with Crippen LogP contribution in [0.15, 0.2) is 42.5 Å². The molecule has 0 aliphatic rings. The van der Waals surface area contributed by atoms with Crippen LogP contribution in [0.1, 0.15) is 18.5 Å². The van der Waals surface area contributed by atoms with Crippen molar-refractivity contribution in [3.63, 3.8) is 0 Å². The molecule has 1 N–H and O–H groups in total. The van der Waals surface area contributed by atoms with Crippen LogP contribution in [0.25, 0.3) is 0 Å². The molecule has 1 nitrogen and oxygen atoms in total. The SMILES string of the molecule is CC(Nc1ccc(F)cc1)c1cccc(F)c1F. The topological polar surface area (TPSA) is 12.0 Å².